The van der Waals surface area contributed by atoms with Gasteiger partial charge in [0.2, 0.25) is 0 Å². The molecule has 1 aromatic carbocycles. The van der Waals surface area contributed by atoms with Crippen molar-refractivity contribution in [3.8, 4) is 0 Å². The molecule has 0 atom stereocenters. The summed E-state index contributed by atoms with van der Waals surface area (Å²) in [6, 6.07) is 0. The summed E-state index contributed by atoms with van der Waals surface area (Å²) < 4.78 is 5.74. The molecule has 1 heteroatoms. The van der Waals surface area contributed by atoms with Crippen molar-refractivity contribution < 1.29 is 4.42 Å². The second-order valence-corrected chi connectivity index (χ2v) is 4.46. The summed E-state index contributed by atoms with van der Waals surface area (Å²) in [5.41, 5.74) is 5.51. The third-order valence-corrected chi connectivity index (χ3v) is 3.70. The van der Waals surface area contributed by atoms with E-state index in [1.54, 1.807) is 0 Å². The van der Waals surface area contributed by atoms with Crippen molar-refractivity contribution in [1.29, 1.82) is 0 Å². The van der Waals surface area contributed by atoms with Gasteiger partial charge in [-0.1, -0.05) is 0 Å². The molecule has 80 valence electrons. The van der Waals surface area contributed by atoms with Crippen molar-refractivity contribution in [3.63, 3.8) is 0 Å². The highest BCUT2D eigenvalue weighted by atomic mass is 16.3. The van der Waals surface area contributed by atoms with Crippen LogP contribution in [0.15, 0.2) is 4.42 Å². The van der Waals surface area contributed by atoms with E-state index in [4.69, 9.17) is 4.42 Å². The van der Waals surface area contributed by atoms with Crippen molar-refractivity contribution >= 4 is 10.8 Å². The van der Waals surface area contributed by atoms with E-state index in [0.29, 0.717) is 0 Å². The summed E-state index contributed by atoms with van der Waals surface area (Å²) in [5, 5.41) is 2.63. The van der Waals surface area contributed by atoms with Crippen LogP contribution < -0.4 is 0 Å². The lowest BCUT2D eigenvalue weighted by Crippen LogP contribution is -1.93. The van der Waals surface area contributed by atoms with Crippen LogP contribution >= 0.6 is 0 Å². The molecule has 0 aliphatic rings. The summed E-state index contributed by atoms with van der Waals surface area (Å²) in [6.45, 7) is 12.9. The van der Waals surface area contributed by atoms with Crippen LogP contribution in [0.3, 0.4) is 0 Å². The van der Waals surface area contributed by atoms with Crippen LogP contribution in [-0.2, 0) is 0 Å². The van der Waals surface area contributed by atoms with Gasteiger partial charge < -0.3 is 4.42 Å². The van der Waals surface area contributed by atoms with Crippen molar-refractivity contribution in [2.24, 2.45) is 0 Å². The second kappa shape index (κ2) is 3.13. The van der Waals surface area contributed by atoms with E-state index < -0.39 is 0 Å². The normalized spacial score (nSPS) is 11.3. The van der Waals surface area contributed by atoms with Gasteiger partial charge in [0, 0.05) is 10.8 Å². The van der Waals surface area contributed by atoms with E-state index in [0.717, 1.165) is 11.5 Å². The lowest BCUT2D eigenvalue weighted by Gasteiger charge is -2.11. The topological polar surface area (TPSA) is 13.1 Å². The van der Waals surface area contributed by atoms with E-state index in [1.807, 2.05) is 0 Å². The fraction of sp³-hybridized carbons (Fsp3) is 0.429. The third-order valence-electron chi connectivity index (χ3n) is 3.70. The van der Waals surface area contributed by atoms with Gasteiger partial charge in [0.05, 0.1) is 0 Å². The summed E-state index contributed by atoms with van der Waals surface area (Å²) in [6.07, 6.45) is 0. The van der Waals surface area contributed by atoms with E-state index in [2.05, 4.69) is 41.5 Å². The average Bonchev–Trinajstić information content (AvgIpc) is 2.47. The largest absolute Gasteiger partial charge is 0.465 e. The smallest absolute Gasteiger partial charge is 0.109 e. The highest BCUT2D eigenvalue weighted by molar-refractivity contribution is 5.94. The number of hydrogen-bond donors (Lipinski definition) is 0. The quantitative estimate of drug-likeness (QED) is 0.621. The van der Waals surface area contributed by atoms with Crippen LogP contribution in [0.5, 0.6) is 0 Å². The predicted octanol–water partition coefficient (Wildman–Crippen LogP) is 4.28. The molecule has 0 spiro atoms. The Kier molecular flexibility index (Phi) is 2.14. The Hall–Kier alpha value is -1.24. The average molecular weight is 202 g/mol. The minimum Gasteiger partial charge on any atom is -0.465 e. The van der Waals surface area contributed by atoms with Gasteiger partial charge in [0.25, 0.3) is 0 Å². The Morgan fingerprint density at radius 2 is 0.867 bits per heavy atom. The van der Waals surface area contributed by atoms with Crippen LogP contribution in [-0.4, -0.2) is 0 Å². The van der Waals surface area contributed by atoms with Crippen molar-refractivity contribution in [2.45, 2.75) is 41.5 Å². The maximum atomic E-state index is 5.74. The molecule has 0 unspecified atom stereocenters. The molecule has 1 aromatic heterocycles. The van der Waals surface area contributed by atoms with Crippen molar-refractivity contribution in [2.75, 3.05) is 0 Å². The third kappa shape index (κ3) is 1.22. The van der Waals surface area contributed by atoms with E-state index in [-0.39, 0.29) is 0 Å². The predicted molar refractivity (Wildman–Crippen MR) is 64.6 cm³/mol. The van der Waals surface area contributed by atoms with Gasteiger partial charge in [-0.25, -0.2) is 0 Å². The molecule has 15 heavy (non-hydrogen) atoms. The van der Waals surface area contributed by atoms with Crippen molar-refractivity contribution in [1.82, 2.24) is 0 Å². The molecule has 0 aliphatic heterocycles. The molecular weight excluding hydrogens is 184 g/mol. The molecule has 0 saturated carbocycles. The first-order valence-corrected chi connectivity index (χ1v) is 5.41. The summed E-state index contributed by atoms with van der Waals surface area (Å²) in [4.78, 5) is 0. The number of hydrogen-bond acceptors (Lipinski definition) is 1. The molecule has 0 aliphatic carbocycles. The zero-order valence-corrected chi connectivity index (χ0v) is 10.4. The van der Waals surface area contributed by atoms with Crippen LogP contribution in [0.2, 0.25) is 0 Å². The molecule has 0 bridgehead atoms. The molecule has 0 radical (unpaired) electrons. The number of furan rings is 1. The van der Waals surface area contributed by atoms with Gasteiger partial charge in [0.15, 0.2) is 0 Å². The number of fused-ring (bicyclic) bond motifs is 1. The summed E-state index contributed by atoms with van der Waals surface area (Å²) in [7, 11) is 0. The van der Waals surface area contributed by atoms with Gasteiger partial charge in [-0.3, -0.25) is 0 Å². The van der Waals surface area contributed by atoms with Crippen LogP contribution in [0.25, 0.3) is 10.8 Å². The maximum absolute atomic E-state index is 5.74. The minimum absolute atomic E-state index is 1.05. The van der Waals surface area contributed by atoms with Crippen molar-refractivity contribution in [3.05, 3.63) is 33.8 Å². The molecule has 2 aromatic rings. The monoisotopic (exact) mass is 202 g/mol. The highest BCUT2D eigenvalue weighted by Crippen LogP contribution is 2.34. The van der Waals surface area contributed by atoms with Gasteiger partial charge >= 0.3 is 0 Å². The Labute approximate surface area is 91.1 Å². The Morgan fingerprint density at radius 3 is 1.20 bits per heavy atom. The van der Waals surface area contributed by atoms with E-state index in [1.165, 1.54) is 33.0 Å². The van der Waals surface area contributed by atoms with E-state index >= 15 is 0 Å². The lowest BCUT2D eigenvalue weighted by atomic mass is 9.92. The molecular formula is C14H18O. The lowest BCUT2D eigenvalue weighted by molar-refractivity contribution is 0.510. The fourth-order valence-corrected chi connectivity index (χ4v) is 2.52. The van der Waals surface area contributed by atoms with Gasteiger partial charge in [-0.15, -0.1) is 0 Å². The van der Waals surface area contributed by atoms with Crippen LogP contribution in [0, 0.1) is 41.5 Å². The molecule has 0 fully saturated rings. The molecule has 0 amide bonds. The molecule has 1 heterocycles. The second-order valence-electron chi connectivity index (χ2n) is 4.46. The van der Waals surface area contributed by atoms with Crippen LogP contribution in [0.4, 0.5) is 0 Å². The maximum Gasteiger partial charge on any atom is 0.109 e. The molecule has 0 N–H and O–H groups in total. The number of aryl methyl sites for hydroxylation is 4. The Bertz CT molecular complexity index is 496. The molecule has 2 rings (SSSR count). The standard InChI is InChI=1S/C14H18O/c1-7-8(2)10(4)14-12(6)15-11(5)13(14)9(7)3/h1-6H3. The molecule has 0 saturated heterocycles. The first-order valence-electron chi connectivity index (χ1n) is 5.41. The van der Waals surface area contributed by atoms with Gasteiger partial charge in [-0.2, -0.15) is 0 Å². The highest BCUT2D eigenvalue weighted by Gasteiger charge is 2.15. The van der Waals surface area contributed by atoms with Crippen LogP contribution in [0.1, 0.15) is 33.8 Å². The number of benzene rings is 1. The Balaban J connectivity index is 3.10. The first kappa shape index (κ1) is 10.3. The van der Waals surface area contributed by atoms with Gasteiger partial charge in [-0.05, 0) is 63.8 Å². The number of rotatable bonds is 0. The fourth-order valence-electron chi connectivity index (χ4n) is 2.52. The SMILES string of the molecule is Cc1c(C)c(C)c2c(C)oc(C)c2c1C. The summed E-state index contributed by atoms with van der Waals surface area (Å²) in [5.74, 6) is 2.09. The first-order chi connectivity index (χ1) is 6.95. The van der Waals surface area contributed by atoms with E-state index in [9.17, 15) is 0 Å². The van der Waals surface area contributed by atoms with Gasteiger partial charge in [0.1, 0.15) is 11.5 Å². The Morgan fingerprint density at radius 1 is 0.533 bits per heavy atom. The minimum atomic E-state index is 1.05. The molecule has 1 nitrogen and oxygen atoms in total. The zero-order valence-electron chi connectivity index (χ0n) is 10.4. The zero-order chi connectivity index (χ0) is 11.3. The summed E-state index contributed by atoms with van der Waals surface area (Å²) >= 11 is 0.